The molecule has 118 valence electrons. The van der Waals surface area contributed by atoms with Gasteiger partial charge in [0.25, 0.3) is 0 Å². The molecule has 0 bridgehead atoms. The standard InChI is InChI=1S/C16H26N2O2S/c1-4-9-17-14(3)15-7-5-6-8-16(15)18-10-11-21(19,20)12-13(18)2/h5-8,13-14,17H,4,9-12H2,1-3H3. The summed E-state index contributed by atoms with van der Waals surface area (Å²) in [6.45, 7) is 7.89. The SMILES string of the molecule is CCCNC(C)c1ccccc1N1CCS(=O)(=O)CC1C. The Balaban J connectivity index is 2.24. The Hall–Kier alpha value is -1.07. The summed E-state index contributed by atoms with van der Waals surface area (Å²) < 4.78 is 23.5. The van der Waals surface area contributed by atoms with Crippen LogP contribution < -0.4 is 10.2 Å². The first-order valence-electron chi connectivity index (χ1n) is 7.74. The third-order valence-electron chi connectivity index (χ3n) is 4.08. The lowest BCUT2D eigenvalue weighted by Crippen LogP contribution is -2.47. The number of hydrogen-bond acceptors (Lipinski definition) is 4. The third-order valence-corrected chi connectivity index (χ3v) is 5.88. The summed E-state index contributed by atoms with van der Waals surface area (Å²) in [6, 6.07) is 8.62. The van der Waals surface area contributed by atoms with Gasteiger partial charge in [0.05, 0.1) is 11.5 Å². The maximum atomic E-state index is 11.8. The Bertz CT molecular complexity index is 571. The van der Waals surface area contributed by atoms with Crippen LogP contribution in [0.1, 0.15) is 38.8 Å². The van der Waals surface area contributed by atoms with E-state index in [4.69, 9.17) is 0 Å². The van der Waals surface area contributed by atoms with Crippen molar-refractivity contribution in [3.8, 4) is 0 Å². The van der Waals surface area contributed by atoms with Gasteiger partial charge >= 0.3 is 0 Å². The van der Waals surface area contributed by atoms with E-state index in [-0.39, 0.29) is 23.6 Å². The summed E-state index contributed by atoms with van der Waals surface area (Å²) in [4.78, 5) is 2.24. The molecule has 1 aliphatic rings. The molecule has 1 fully saturated rings. The van der Waals surface area contributed by atoms with Gasteiger partial charge < -0.3 is 10.2 Å². The maximum Gasteiger partial charge on any atom is 0.154 e. The molecular formula is C16H26N2O2S. The van der Waals surface area contributed by atoms with Gasteiger partial charge in [0, 0.05) is 24.3 Å². The van der Waals surface area contributed by atoms with E-state index in [2.05, 4.69) is 36.2 Å². The third kappa shape index (κ3) is 3.98. The quantitative estimate of drug-likeness (QED) is 0.907. The zero-order valence-corrected chi connectivity index (χ0v) is 14.0. The van der Waals surface area contributed by atoms with Crippen molar-refractivity contribution in [2.24, 2.45) is 0 Å². The fourth-order valence-corrected chi connectivity index (χ4v) is 4.50. The second-order valence-corrected chi connectivity index (χ2v) is 8.12. The smallest absolute Gasteiger partial charge is 0.154 e. The summed E-state index contributed by atoms with van der Waals surface area (Å²) in [5, 5.41) is 3.51. The van der Waals surface area contributed by atoms with Crippen molar-refractivity contribution in [1.29, 1.82) is 0 Å². The van der Waals surface area contributed by atoms with Gasteiger partial charge in [0.15, 0.2) is 9.84 Å². The predicted molar refractivity (Wildman–Crippen MR) is 88.6 cm³/mol. The second kappa shape index (κ2) is 6.79. The van der Waals surface area contributed by atoms with Gasteiger partial charge in [-0.25, -0.2) is 8.42 Å². The lowest BCUT2D eigenvalue weighted by molar-refractivity contribution is 0.556. The van der Waals surface area contributed by atoms with E-state index in [0.29, 0.717) is 6.54 Å². The molecule has 2 rings (SSSR count). The van der Waals surface area contributed by atoms with Crippen LogP contribution in [0.4, 0.5) is 5.69 Å². The van der Waals surface area contributed by atoms with E-state index in [9.17, 15) is 8.42 Å². The van der Waals surface area contributed by atoms with Gasteiger partial charge in [0.2, 0.25) is 0 Å². The van der Waals surface area contributed by atoms with E-state index in [1.807, 2.05) is 19.1 Å². The monoisotopic (exact) mass is 310 g/mol. The Labute approximate surface area is 128 Å². The first-order chi connectivity index (χ1) is 9.94. The number of para-hydroxylation sites is 1. The molecule has 1 aromatic rings. The molecule has 1 heterocycles. The largest absolute Gasteiger partial charge is 0.367 e. The fourth-order valence-electron chi connectivity index (χ4n) is 2.94. The molecular weight excluding hydrogens is 284 g/mol. The van der Waals surface area contributed by atoms with Crippen LogP contribution >= 0.6 is 0 Å². The van der Waals surface area contributed by atoms with Crippen molar-refractivity contribution in [3.63, 3.8) is 0 Å². The van der Waals surface area contributed by atoms with Crippen LogP contribution in [0.3, 0.4) is 0 Å². The van der Waals surface area contributed by atoms with E-state index in [0.717, 1.165) is 18.7 Å². The van der Waals surface area contributed by atoms with Crippen LogP contribution in [0.2, 0.25) is 0 Å². The second-order valence-electron chi connectivity index (χ2n) is 5.89. The topological polar surface area (TPSA) is 49.4 Å². The van der Waals surface area contributed by atoms with Gasteiger partial charge in [-0.15, -0.1) is 0 Å². The van der Waals surface area contributed by atoms with E-state index in [1.54, 1.807) is 0 Å². The number of sulfone groups is 1. The lowest BCUT2D eigenvalue weighted by Gasteiger charge is -2.37. The van der Waals surface area contributed by atoms with Crippen LogP contribution in [0.25, 0.3) is 0 Å². The average molecular weight is 310 g/mol. The molecule has 0 amide bonds. The Morgan fingerprint density at radius 2 is 2.10 bits per heavy atom. The summed E-state index contributed by atoms with van der Waals surface area (Å²) in [5.41, 5.74) is 2.41. The minimum atomic E-state index is -2.88. The number of nitrogens with zero attached hydrogens (tertiary/aromatic N) is 1. The normalized spacial score (nSPS) is 23.0. The maximum absolute atomic E-state index is 11.8. The van der Waals surface area contributed by atoms with Crippen molar-refractivity contribution in [3.05, 3.63) is 29.8 Å². The minimum Gasteiger partial charge on any atom is -0.367 e. The molecule has 2 atom stereocenters. The molecule has 0 saturated carbocycles. The zero-order valence-electron chi connectivity index (χ0n) is 13.2. The molecule has 1 saturated heterocycles. The first-order valence-corrected chi connectivity index (χ1v) is 9.56. The highest BCUT2D eigenvalue weighted by molar-refractivity contribution is 7.91. The molecule has 0 aliphatic carbocycles. The highest BCUT2D eigenvalue weighted by Gasteiger charge is 2.29. The van der Waals surface area contributed by atoms with Crippen LogP contribution in [-0.2, 0) is 9.84 Å². The Kier molecular flexibility index (Phi) is 5.27. The molecule has 1 aliphatic heterocycles. The van der Waals surface area contributed by atoms with Crippen molar-refractivity contribution in [1.82, 2.24) is 5.32 Å². The highest BCUT2D eigenvalue weighted by Crippen LogP contribution is 2.29. The van der Waals surface area contributed by atoms with E-state index < -0.39 is 9.84 Å². The van der Waals surface area contributed by atoms with Gasteiger partial charge in [-0.2, -0.15) is 0 Å². The van der Waals surface area contributed by atoms with Gasteiger partial charge in [-0.1, -0.05) is 25.1 Å². The first kappa shape index (κ1) is 16.3. The predicted octanol–water partition coefficient (Wildman–Crippen LogP) is 2.37. The van der Waals surface area contributed by atoms with Crippen molar-refractivity contribution in [2.75, 3.05) is 29.5 Å². The molecule has 21 heavy (non-hydrogen) atoms. The molecule has 0 radical (unpaired) electrons. The van der Waals surface area contributed by atoms with Crippen LogP contribution in [-0.4, -0.2) is 39.1 Å². The Morgan fingerprint density at radius 3 is 2.76 bits per heavy atom. The number of nitrogens with one attached hydrogen (secondary N) is 1. The Morgan fingerprint density at radius 1 is 1.38 bits per heavy atom. The molecule has 1 aromatic carbocycles. The van der Waals surface area contributed by atoms with Crippen LogP contribution in [0, 0.1) is 0 Å². The van der Waals surface area contributed by atoms with Crippen molar-refractivity contribution < 1.29 is 8.42 Å². The van der Waals surface area contributed by atoms with Gasteiger partial charge in [-0.05, 0) is 38.4 Å². The molecule has 4 nitrogen and oxygen atoms in total. The van der Waals surface area contributed by atoms with Gasteiger partial charge in [0.1, 0.15) is 0 Å². The van der Waals surface area contributed by atoms with Gasteiger partial charge in [-0.3, -0.25) is 0 Å². The fraction of sp³-hybridized carbons (Fsp3) is 0.625. The lowest BCUT2D eigenvalue weighted by atomic mass is 10.0. The molecule has 5 heteroatoms. The summed E-state index contributed by atoms with van der Waals surface area (Å²) >= 11 is 0. The minimum absolute atomic E-state index is 0.0308. The molecule has 1 N–H and O–H groups in total. The summed E-state index contributed by atoms with van der Waals surface area (Å²) in [5.74, 6) is 0.501. The summed E-state index contributed by atoms with van der Waals surface area (Å²) in [7, 11) is -2.88. The van der Waals surface area contributed by atoms with E-state index >= 15 is 0 Å². The molecule has 2 unspecified atom stereocenters. The number of hydrogen-bond donors (Lipinski definition) is 1. The summed E-state index contributed by atoms with van der Waals surface area (Å²) in [6.07, 6.45) is 1.10. The van der Waals surface area contributed by atoms with Crippen molar-refractivity contribution in [2.45, 2.75) is 39.3 Å². The number of benzene rings is 1. The highest BCUT2D eigenvalue weighted by atomic mass is 32.2. The number of anilines is 1. The zero-order chi connectivity index (χ0) is 15.5. The van der Waals surface area contributed by atoms with Crippen LogP contribution in [0.5, 0.6) is 0 Å². The average Bonchev–Trinajstić information content (AvgIpc) is 2.44. The molecule has 0 spiro atoms. The number of rotatable bonds is 5. The molecule has 0 aromatic heterocycles. The van der Waals surface area contributed by atoms with E-state index in [1.165, 1.54) is 5.56 Å². The van der Waals surface area contributed by atoms with Crippen LogP contribution in [0.15, 0.2) is 24.3 Å². The van der Waals surface area contributed by atoms with Crippen molar-refractivity contribution >= 4 is 15.5 Å².